The molecular formula is C44H37NO11. The summed E-state index contributed by atoms with van der Waals surface area (Å²) in [6.07, 6.45) is -4.55. The third kappa shape index (κ3) is 8.15. The van der Waals surface area contributed by atoms with Gasteiger partial charge in [0.25, 0.3) is 11.8 Å². The molecule has 0 aliphatic carbocycles. The van der Waals surface area contributed by atoms with Crippen molar-refractivity contribution in [3.8, 4) is 11.5 Å². The van der Waals surface area contributed by atoms with Crippen molar-refractivity contribution in [2.45, 2.75) is 37.9 Å². The number of hydrogen-bond acceptors (Lipinski definition) is 11. The average molecular weight is 756 g/mol. The fourth-order valence-corrected chi connectivity index (χ4v) is 6.65. The molecule has 5 aromatic carbocycles. The summed E-state index contributed by atoms with van der Waals surface area (Å²) in [4.78, 5) is 66.8. The molecule has 1 N–H and O–H groups in total. The minimum atomic E-state index is -1.39. The standard InChI is InChI=1S/C44H37NO11/c1-27-37(55-42(50)30-15-7-3-8-16-30)36(26-52-41(49)29-13-5-2-6-14-29)54-44(38(27)56-43(51)31-17-9-4-10-18-31)53-35-22-21-28(25-34(35)46)23-24-45-39(47)32-19-11-12-20-33(32)40(45)48/h2-22,25,27,36-38,44,46H,23-24,26H2,1H3. The molecule has 12 nitrogen and oxygen atoms in total. The second kappa shape index (κ2) is 16.7. The zero-order valence-electron chi connectivity index (χ0n) is 30.2. The van der Waals surface area contributed by atoms with Crippen LogP contribution in [-0.2, 0) is 25.4 Å². The quantitative estimate of drug-likeness (QED) is 0.0870. The van der Waals surface area contributed by atoms with Gasteiger partial charge >= 0.3 is 17.9 Å². The number of hydrogen-bond donors (Lipinski definition) is 1. The highest BCUT2D eigenvalue weighted by Crippen LogP contribution is 2.36. The second-order valence-electron chi connectivity index (χ2n) is 13.3. The highest BCUT2D eigenvalue weighted by molar-refractivity contribution is 6.21. The van der Waals surface area contributed by atoms with Crippen LogP contribution in [0.2, 0.25) is 0 Å². The molecule has 0 spiro atoms. The molecule has 0 aromatic heterocycles. The maximum atomic E-state index is 13.5. The summed E-state index contributed by atoms with van der Waals surface area (Å²) in [5.41, 5.74) is 2.11. The maximum Gasteiger partial charge on any atom is 0.338 e. The number of ether oxygens (including phenoxy) is 5. The van der Waals surface area contributed by atoms with E-state index in [-0.39, 0.29) is 54.0 Å². The van der Waals surface area contributed by atoms with Crippen molar-refractivity contribution in [3.05, 3.63) is 167 Å². The summed E-state index contributed by atoms with van der Waals surface area (Å²) in [5, 5.41) is 11.2. The minimum absolute atomic E-state index is 0.0350. The van der Waals surface area contributed by atoms with E-state index in [1.54, 1.807) is 128 Å². The van der Waals surface area contributed by atoms with Gasteiger partial charge < -0.3 is 28.8 Å². The van der Waals surface area contributed by atoms with Crippen LogP contribution in [0.3, 0.4) is 0 Å². The highest BCUT2D eigenvalue weighted by Gasteiger charge is 2.50. The number of aromatic hydroxyl groups is 1. The van der Waals surface area contributed by atoms with Crippen molar-refractivity contribution in [1.29, 1.82) is 0 Å². The number of rotatable bonds is 12. The Kier molecular flexibility index (Phi) is 11.2. The Morgan fingerprint density at radius 3 is 1.70 bits per heavy atom. The van der Waals surface area contributed by atoms with E-state index in [9.17, 15) is 29.1 Å². The molecule has 5 aromatic rings. The first-order valence-electron chi connectivity index (χ1n) is 18.0. The van der Waals surface area contributed by atoms with Crippen LogP contribution < -0.4 is 4.74 Å². The third-order valence-corrected chi connectivity index (χ3v) is 9.64. The number of phenolic OH excluding ortho intramolecular Hbond substituents is 1. The van der Waals surface area contributed by atoms with Crippen molar-refractivity contribution in [2.75, 3.05) is 13.2 Å². The summed E-state index contributed by atoms with van der Waals surface area (Å²) in [7, 11) is 0. The fourth-order valence-electron chi connectivity index (χ4n) is 6.65. The van der Waals surface area contributed by atoms with E-state index in [0.29, 0.717) is 22.3 Å². The van der Waals surface area contributed by atoms with Crippen LogP contribution in [0, 0.1) is 5.92 Å². The van der Waals surface area contributed by atoms with Gasteiger partial charge in [0.2, 0.25) is 6.29 Å². The average Bonchev–Trinajstić information content (AvgIpc) is 3.48. The number of benzene rings is 5. The summed E-state index contributed by atoms with van der Waals surface area (Å²) >= 11 is 0. The van der Waals surface area contributed by atoms with Gasteiger partial charge in [-0.05, 0) is 72.6 Å². The topological polar surface area (TPSA) is 155 Å². The van der Waals surface area contributed by atoms with Gasteiger partial charge in [-0.25, -0.2) is 14.4 Å². The van der Waals surface area contributed by atoms with Crippen LogP contribution in [-0.4, -0.2) is 77.5 Å². The largest absolute Gasteiger partial charge is 0.504 e. The van der Waals surface area contributed by atoms with Crippen LogP contribution in [0.4, 0.5) is 0 Å². The van der Waals surface area contributed by atoms with E-state index < -0.39 is 48.4 Å². The molecule has 0 radical (unpaired) electrons. The molecule has 2 aliphatic rings. The van der Waals surface area contributed by atoms with Crippen molar-refractivity contribution in [3.63, 3.8) is 0 Å². The first-order valence-corrected chi connectivity index (χ1v) is 18.0. The van der Waals surface area contributed by atoms with Crippen LogP contribution >= 0.6 is 0 Å². The lowest BCUT2D eigenvalue weighted by atomic mass is 9.90. The first-order chi connectivity index (χ1) is 27.2. The molecule has 1 saturated heterocycles. The molecule has 7 rings (SSSR count). The fraction of sp³-hybridized carbons (Fsp3) is 0.205. The molecule has 1 fully saturated rings. The number of nitrogens with zero attached hydrogens (tertiary/aromatic N) is 1. The van der Waals surface area contributed by atoms with Gasteiger partial charge in [-0.3, -0.25) is 14.5 Å². The summed E-state index contributed by atoms with van der Waals surface area (Å²) < 4.78 is 30.2. The molecular weight excluding hydrogens is 718 g/mol. The lowest BCUT2D eigenvalue weighted by Gasteiger charge is -2.43. The Bertz CT molecular complexity index is 2190. The summed E-state index contributed by atoms with van der Waals surface area (Å²) in [6, 6.07) is 36.1. The predicted molar refractivity (Wildman–Crippen MR) is 200 cm³/mol. The van der Waals surface area contributed by atoms with Crippen molar-refractivity contribution in [1.82, 2.24) is 4.90 Å². The number of phenols is 1. The minimum Gasteiger partial charge on any atom is -0.504 e. The van der Waals surface area contributed by atoms with Crippen molar-refractivity contribution in [2.24, 2.45) is 5.92 Å². The van der Waals surface area contributed by atoms with E-state index in [4.69, 9.17) is 23.7 Å². The van der Waals surface area contributed by atoms with Crippen LogP contribution in [0.25, 0.3) is 0 Å². The molecule has 284 valence electrons. The summed E-state index contributed by atoms with van der Waals surface area (Å²) in [5.74, 6) is -3.90. The van der Waals surface area contributed by atoms with Gasteiger partial charge in [0, 0.05) is 12.5 Å². The van der Waals surface area contributed by atoms with Gasteiger partial charge in [0.15, 0.2) is 17.6 Å². The number of carbonyl (C=O) groups excluding carboxylic acids is 5. The lowest BCUT2D eigenvalue weighted by Crippen LogP contribution is -2.59. The maximum absolute atomic E-state index is 13.5. The van der Waals surface area contributed by atoms with Crippen molar-refractivity contribution >= 4 is 29.7 Å². The highest BCUT2D eigenvalue weighted by atomic mass is 16.7. The second-order valence-corrected chi connectivity index (χ2v) is 13.3. The van der Waals surface area contributed by atoms with E-state index in [1.165, 1.54) is 17.0 Å². The lowest BCUT2D eigenvalue weighted by molar-refractivity contribution is -0.259. The van der Waals surface area contributed by atoms with E-state index in [0.717, 1.165) is 0 Å². The SMILES string of the molecule is CC1C(OC(=O)c2ccccc2)C(COC(=O)c2ccccc2)OC(Oc2ccc(CCN3C(=O)c4ccccc4C3=O)cc2O)C1OC(=O)c1ccccc1. The molecule has 12 heteroatoms. The van der Waals surface area contributed by atoms with E-state index >= 15 is 0 Å². The Morgan fingerprint density at radius 1 is 0.661 bits per heavy atom. The van der Waals surface area contributed by atoms with Gasteiger partial charge in [0.1, 0.15) is 18.8 Å². The molecule has 2 heterocycles. The predicted octanol–water partition coefficient (Wildman–Crippen LogP) is 6.28. The van der Waals surface area contributed by atoms with Gasteiger partial charge in [-0.2, -0.15) is 0 Å². The van der Waals surface area contributed by atoms with E-state index in [2.05, 4.69) is 0 Å². The zero-order valence-corrected chi connectivity index (χ0v) is 30.2. The van der Waals surface area contributed by atoms with Gasteiger partial charge in [-0.1, -0.05) is 79.7 Å². The monoisotopic (exact) mass is 755 g/mol. The Labute approximate surface area is 322 Å². The van der Waals surface area contributed by atoms with E-state index in [1.807, 2.05) is 0 Å². The molecule has 2 amide bonds. The molecule has 5 unspecified atom stereocenters. The first kappa shape index (κ1) is 37.5. The van der Waals surface area contributed by atoms with Crippen LogP contribution in [0.15, 0.2) is 133 Å². The van der Waals surface area contributed by atoms with Gasteiger partial charge in [0.05, 0.1) is 27.8 Å². The number of carbonyl (C=O) groups is 5. The smallest absolute Gasteiger partial charge is 0.338 e. The molecule has 5 atom stereocenters. The summed E-state index contributed by atoms with van der Waals surface area (Å²) in [6.45, 7) is 1.41. The van der Waals surface area contributed by atoms with Crippen LogP contribution in [0.1, 0.15) is 64.3 Å². The van der Waals surface area contributed by atoms with Gasteiger partial charge in [-0.15, -0.1) is 0 Å². The molecule has 0 bridgehead atoms. The molecule has 56 heavy (non-hydrogen) atoms. The number of fused-ring (bicyclic) bond motifs is 1. The Morgan fingerprint density at radius 2 is 1.16 bits per heavy atom. The Balaban J connectivity index is 1.13. The molecule has 0 saturated carbocycles. The zero-order chi connectivity index (χ0) is 39.2. The third-order valence-electron chi connectivity index (χ3n) is 9.64. The number of esters is 3. The number of imide groups is 1. The van der Waals surface area contributed by atoms with Crippen LogP contribution in [0.5, 0.6) is 11.5 Å². The Hall–Kier alpha value is -6.79. The van der Waals surface area contributed by atoms with Crippen molar-refractivity contribution < 1.29 is 52.8 Å². The number of amides is 2. The normalized spacial score (nSPS) is 20.2. The molecule has 2 aliphatic heterocycles.